The number of carbonyl (C=O) groups is 2. The third-order valence-electron chi connectivity index (χ3n) is 3.32. The molecule has 0 saturated heterocycles. The largest absolute Gasteiger partial charge is 0.480 e. The zero-order valence-electron chi connectivity index (χ0n) is 13.8. The molecule has 1 atom stereocenters. The minimum Gasteiger partial charge on any atom is -0.480 e. The molecule has 2 N–H and O–H groups in total. The highest BCUT2D eigenvalue weighted by Crippen LogP contribution is 2.27. The molecule has 6 nitrogen and oxygen atoms in total. The SMILES string of the molecule is C=CCCCN(CC(NC(=O)OC(C)(C)C)C(=O)O)C1CC1. The molecule has 6 heteroatoms. The number of unbranched alkanes of at least 4 members (excludes halogenated alkanes) is 1. The molecule has 22 heavy (non-hydrogen) atoms. The van der Waals surface area contributed by atoms with E-state index in [9.17, 15) is 14.7 Å². The average Bonchev–Trinajstić information content (AvgIpc) is 3.18. The van der Waals surface area contributed by atoms with Crippen LogP contribution in [0.4, 0.5) is 4.79 Å². The highest BCUT2D eigenvalue weighted by molar-refractivity contribution is 5.80. The molecule has 1 unspecified atom stereocenters. The lowest BCUT2D eigenvalue weighted by Gasteiger charge is -2.27. The van der Waals surface area contributed by atoms with Crippen LogP contribution in [-0.2, 0) is 9.53 Å². The van der Waals surface area contributed by atoms with Crippen molar-refractivity contribution in [3.05, 3.63) is 12.7 Å². The molecule has 0 heterocycles. The first-order chi connectivity index (χ1) is 10.2. The summed E-state index contributed by atoms with van der Waals surface area (Å²) in [5.74, 6) is -1.04. The van der Waals surface area contributed by atoms with Crippen LogP contribution in [0.25, 0.3) is 0 Å². The summed E-state index contributed by atoms with van der Waals surface area (Å²) in [6.07, 6.45) is 5.19. The maximum absolute atomic E-state index is 11.8. The van der Waals surface area contributed by atoms with Crippen molar-refractivity contribution in [3.63, 3.8) is 0 Å². The summed E-state index contributed by atoms with van der Waals surface area (Å²) in [6, 6.07) is -0.522. The number of carbonyl (C=O) groups excluding carboxylic acids is 1. The Balaban J connectivity index is 2.55. The van der Waals surface area contributed by atoms with E-state index in [0.717, 1.165) is 32.2 Å². The van der Waals surface area contributed by atoms with Gasteiger partial charge in [-0.1, -0.05) is 6.08 Å². The number of allylic oxidation sites excluding steroid dienone is 1. The molecule has 1 rings (SSSR count). The summed E-state index contributed by atoms with van der Waals surface area (Å²) in [5.41, 5.74) is -0.646. The van der Waals surface area contributed by atoms with Gasteiger partial charge in [0.15, 0.2) is 0 Å². The molecule has 1 aliphatic rings. The van der Waals surface area contributed by atoms with Crippen molar-refractivity contribution in [1.29, 1.82) is 0 Å². The normalized spacial score (nSPS) is 16.2. The molecule has 0 aromatic heterocycles. The maximum Gasteiger partial charge on any atom is 0.408 e. The molecule has 0 bridgehead atoms. The van der Waals surface area contributed by atoms with Crippen molar-refractivity contribution in [1.82, 2.24) is 10.2 Å². The van der Waals surface area contributed by atoms with Crippen LogP contribution in [0.2, 0.25) is 0 Å². The number of alkyl carbamates (subject to hydrolysis) is 1. The summed E-state index contributed by atoms with van der Waals surface area (Å²) in [6.45, 7) is 10.0. The third kappa shape index (κ3) is 7.45. The lowest BCUT2D eigenvalue weighted by Crippen LogP contribution is -2.50. The third-order valence-corrected chi connectivity index (χ3v) is 3.32. The number of rotatable bonds is 9. The molecule has 1 fully saturated rings. The molecule has 0 spiro atoms. The minimum absolute atomic E-state index is 0.302. The molecular formula is C16H28N2O4. The van der Waals surface area contributed by atoms with Crippen LogP contribution in [0.1, 0.15) is 46.5 Å². The quantitative estimate of drug-likeness (QED) is 0.505. The van der Waals surface area contributed by atoms with Gasteiger partial charge in [-0.2, -0.15) is 0 Å². The van der Waals surface area contributed by atoms with Crippen LogP contribution in [-0.4, -0.2) is 52.8 Å². The minimum atomic E-state index is -1.04. The summed E-state index contributed by atoms with van der Waals surface area (Å²) in [7, 11) is 0. The second-order valence-corrected chi connectivity index (χ2v) is 6.69. The van der Waals surface area contributed by atoms with Crippen LogP contribution < -0.4 is 5.32 Å². The topological polar surface area (TPSA) is 78.9 Å². The van der Waals surface area contributed by atoms with E-state index in [1.807, 2.05) is 6.08 Å². The van der Waals surface area contributed by atoms with Gasteiger partial charge in [0.05, 0.1) is 0 Å². The second-order valence-electron chi connectivity index (χ2n) is 6.69. The molecule has 0 aliphatic heterocycles. The Morgan fingerprint density at radius 2 is 2.09 bits per heavy atom. The van der Waals surface area contributed by atoms with Gasteiger partial charge in [0.25, 0.3) is 0 Å². The van der Waals surface area contributed by atoms with Crippen molar-refractivity contribution >= 4 is 12.1 Å². The van der Waals surface area contributed by atoms with E-state index >= 15 is 0 Å². The number of amides is 1. The smallest absolute Gasteiger partial charge is 0.408 e. The van der Waals surface area contributed by atoms with E-state index in [1.54, 1.807) is 20.8 Å². The number of hydrogen-bond acceptors (Lipinski definition) is 4. The maximum atomic E-state index is 11.8. The van der Waals surface area contributed by atoms with Crippen molar-refractivity contribution in [2.45, 2.75) is 64.1 Å². The van der Waals surface area contributed by atoms with E-state index in [-0.39, 0.29) is 0 Å². The first-order valence-electron chi connectivity index (χ1n) is 7.80. The molecule has 1 amide bonds. The average molecular weight is 312 g/mol. The second kappa shape index (κ2) is 8.17. The molecule has 0 radical (unpaired) electrons. The number of nitrogens with zero attached hydrogens (tertiary/aromatic N) is 1. The zero-order valence-corrected chi connectivity index (χ0v) is 13.8. The van der Waals surface area contributed by atoms with Gasteiger partial charge in [0.1, 0.15) is 11.6 Å². The Morgan fingerprint density at radius 3 is 2.55 bits per heavy atom. The number of aliphatic carboxylic acids is 1. The van der Waals surface area contributed by atoms with Crippen molar-refractivity contribution in [2.75, 3.05) is 13.1 Å². The van der Waals surface area contributed by atoms with E-state index in [0.29, 0.717) is 12.6 Å². The van der Waals surface area contributed by atoms with Crippen molar-refractivity contribution in [2.24, 2.45) is 0 Å². The summed E-state index contributed by atoms with van der Waals surface area (Å²) >= 11 is 0. The van der Waals surface area contributed by atoms with Gasteiger partial charge in [-0.15, -0.1) is 6.58 Å². The Bertz CT molecular complexity index is 399. The number of nitrogens with one attached hydrogen (secondary N) is 1. The van der Waals surface area contributed by atoms with Gasteiger partial charge in [0, 0.05) is 12.6 Å². The Morgan fingerprint density at radius 1 is 1.45 bits per heavy atom. The molecule has 0 aromatic carbocycles. The van der Waals surface area contributed by atoms with Gasteiger partial charge >= 0.3 is 12.1 Å². The first-order valence-corrected chi connectivity index (χ1v) is 7.80. The molecule has 126 valence electrons. The highest BCUT2D eigenvalue weighted by Gasteiger charge is 2.33. The van der Waals surface area contributed by atoms with Gasteiger partial charge < -0.3 is 15.2 Å². The van der Waals surface area contributed by atoms with E-state index < -0.39 is 23.7 Å². The van der Waals surface area contributed by atoms with Crippen LogP contribution in [0, 0.1) is 0 Å². The van der Waals surface area contributed by atoms with Gasteiger partial charge in [-0.05, 0) is 53.0 Å². The van der Waals surface area contributed by atoms with Crippen LogP contribution in [0.3, 0.4) is 0 Å². The number of ether oxygens (including phenoxy) is 1. The summed E-state index contributed by atoms with van der Waals surface area (Å²) in [4.78, 5) is 25.3. The fourth-order valence-electron chi connectivity index (χ4n) is 2.17. The lowest BCUT2D eigenvalue weighted by atomic mass is 10.2. The fraction of sp³-hybridized carbons (Fsp3) is 0.750. The van der Waals surface area contributed by atoms with Crippen molar-refractivity contribution < 1.29 is 19.4 Å². The molecule has 1 saturated carbocycles. The standard InChI is InChI=1S/C16H28N2O4/c1-5-6-7-10-18(12-8-9-12)11-13(14(19)20)17-15(21)22-16(2,3)4/h5,12-13H,1,6-11H2,2-4H3,(H,17,21)(H,19,20). The zero-order chi connectivity index (χ0) is 16.8. The Labute approximate surface area is 132 Å². The van der Waals surface area contributed by atoms with Gasteiger partial charge in [-0.3, -0.25) is 4.90 Å². The lowest BCUT2D eigenvalue weighted by molar-refractivity contribution is -0.140. The Hall–Kier alpha value is -1.56. The molecule has 0 aromatic rings. The fourth-order valence-corrected chi connectivity index (χ4v) is 2.17. The number of hydrogen-bond donors (Lipinski definition) is 2. The van der Waals surface area contributed by atoms with Crippen molar-refractivity contribution in [3.8, 4) is 0 Å². The van der Waals surface area contributed by atoms with Crippen LogP contribution in [0.15, 0.2) is 12.7 Å². The summed E-state index contributed by atoms with van der Waals surface area (Å²) in [5, 5.41) is 11.8. The van der Waals surface area contributed by atoms with E-state index in [2.05, 4.69) is 16.8 Å². The van der Waals surface area contributed by atoms with Gasteiger partial charge in [0.2, 0.25) is 0 Å². The predicted octanol–water partition coefficient (Wildman–Crippen LogP) is 2.39. The number of carboxylic acids is 1. The molecule has 1 aliphatic carbocycles. The van der Waals surface area contributed by atoms with Crippen LogP contribution >= 0.6 is 0 Å². The number of carboxylic acid groups (broad SMARTS) is 1. The summed E-state index contributed by atoms with van der Waals surface area (Å²) < 4.78 is 5.13. The highest BCUT2D eigenvalue weighted by atomic mass is 16.6. The van der Waals surface area contributed by atoms with E-state index in [4.69, 9.17) is 4.74 Å². The predicted molar refractivity (Wildman–Crippen MR) is 84.8 cm³/mol. The first kappa shape index (κ1) is 18.5. The Kier molecular flexibility index (Phi) is 6.87. The monoisotopic (exact) mass is 312 g/mol. The molecular weight excluding hydrogens is 284 g/mol. The van der Waals surface area contributed by atoms with Crippen LogP contribution in [0.5, 0.6) is 0 Å². The van der Waals surface area contributed by atoms with E-state index in [1.165, 1.54) is 0 Å². The van der Waals surface area contributed by atoms with Gasteiger partial charge in [-0.25, -0.2) is 9.59 Å².